The van der Waals surface area contributed by atoms with Crippen LogP contribution in [0.1, 0.15) is 22.3 Å². The number of hydrogen-bond acceptors (Lipinski definition) is 4. The number of carbonyl (C=O) groups excluding carboxylic acids is 1. The van der Waals surface area contributed by atoms with E-state index in [2.05, 4.69) is 39.9 Å². The Balaban J connectivity index is 1.59. The molecule has 24 heavy (non-hydrogen) atoms. The number of benzene rings is 1. The van der Waals surface area contributed by atoms with Crippen LogP contribution in [0.5, 0.6) is 0 Å². The number of rotatable bonds is 6. The van der Waals surface area contributed by atoms with E-state index in [0.717, 1.165) is 30.3 Å². The summed E-state index contributed by atoms with van der Waals surface area (Å²) in [6.07, 6.45) is 6.89. The van der Waals surface area contributed by atoms with Crippen LogP contribution in [0.3, 0.4) is 0 Å². The molecule has 1 aromatic carbocycles. The standard InChI is InChI=1S/C19H21N3OS/c23-18(22-16-10-12-20-14-16)17-9-4-11-21-19(17)24-13-5-8-15-6-2-1-3-7-15/h1-9,11,16,20H,10,12-14H2,(H,22,23)/b8-5+. The van der Waals surface area contributed by atoms with E-state index in [1.165, 1.54) is 5.56 Å². The molecular weight excluding hydrogens is 318 g/mol. The zero-order chi connectivity index (χ0) is 16.6. The lowest BCUT2D eigenvalue weighted by Gasteiger charge is -2.12. The van der Waals surface area contributed by atoms with Crippen molar-refractivity contribution < 1.29 is 4.79 Å². The molecule has 124 valence electrons. The maximum absolute atomic E-state index is 12.5. The minimum absolute atomic E-state index is 0.0358. The molecule has 4 nitrogen and oxygen atoms in total. The third-order valence-corrected chi connectivity index (χ3v) is 4.80. The molecule has 1 aliphatic heterocycles. The molecule has 1 atom stereocenters. The van der Waals surface area contributed by atoms with E-state index in [0.29, 0.717) is 5.56 Å². The van der Waals surface area contributed by atoms with Crippen LogP contribution in [0, 0.1) is 0 Å². The van der Waals surface area contributed by atoms with E-state index >= 15 is 0 Å². The van der Waals surface area contributed by atoms with Gasteiger partial charge in [0.2, 0.25) is 0 Å². The number of thioether (sulfide) groups is 1. The Labute approximate surface area is 146 Å². The van der Waals surface area contributed by atoms with Crippen LogP contribution in [0.4, 0.5) is 0 Å². The van der Waals surface area contributed by atoms with Gasteiger partial charge in [-0.1, -0.05) is 42.5 Å². The van der Waals surface area contributed by atoms with Crippen molar-refractivity contribution >= 4 is 23.7 Å². The van der Waals surface area contributed by atoms with Gasteiger partial charge in [-0.3, -0.25) is 4.79 Å². The van der Waals surface area contributed by atoms with Crippen molar-refractivity contribution in [2.45, 2.75) is 17.5 Å². The molecule has 5 heteroatoms. The third-order valence-electron chi connectivity index (χ3n) is 3.84. The molecule has 0 saturated carbocycles. The predicted molar refractivity (Wildman–Crippen MR) is 99.2 cm³/mol. The molecule has 0 radical (unpaired) electrons. The summed E-state index contributed by atoms with van der Waals surface area (Å²) < 4.78 is 0. The summed E-state index contributed by atoms with van der Waals surface area (Å²) in [5.41, 5.74) is 1.83. The van der Waals surface area contributed by atoms with Crippen LogP contribution in [-0.4, -0.2) is 35.8 Å². The number of nitrogens with zero attached hydrogens (tertiary/aromatic N) is 1. The lowest BCUT2D eigenvalue weighted by molar-refractivity contribution is 0.0936. The Morgan fingerprint density at radius 1 is 1.29 bits per heavy atom. The van der Waals surface area contributed by atoms with Crippen LogP contribution >= 0.6 is 11.8 Å². The largest absolute Gasteiger partial charge is 0.348 e. The second kappa shape index (κ2) is 8.66. The van der Waals surface area contributed by atoms with Gasteiger partial charge in [0.25, 0.3) is 5.91 Å². The molecular formula is C19H21N3OS. The fraction of sp³-hybridized carbons (Fsp3) is 0.263. The highest BCUT2D eigenvalue weighted by Crippen LogP contribution is 2.20. The van der Waals surface area contributed by atoms with E-state index in [4.69, 9.17) is 0 Å². The second-order valence-corrected chi connectivity index (χ2v) is 6.65. The van der Waals surface area contributed by atoms with E-state index in [-0.39, 0.29) is 11.9 Å². The number of nitrogens with one attached hydrogen (secondary N) is 2. The molecule has 1 fully saturated rings. The molecule has 1 amide bonds. The third kappa shape index (κ3) is 4.69. The quantitative estimate of drug-likeness (QED) is 0.795. The molecule has 2 heterocycles. The Morgan fingerprint density at radius 2 is 2.17 bits per heavy atom. The van der Waals surface area contributed by atoms with Crippen molar-refractivity contribution in [2.24, 2.45) is 0 Å². The molecule has 1 aliphatic rings. The molecule has 1 aromatic heterocycles. The molecule has 0 spiro atoms. The van der Waals surface area contributed by atoms with Crippen molar-refractivity contribution in [3.05, 3.63) is 65.9 Å². The first-order valence-corrected chi connectivity index (χ1v) is 9.12. The lowest BCUT2D eigenvalue weighted by atomic mass is 10.2. The Kier molecular flexibility index (Phi) is 6.04. The van der Waals surface area contributed by atoms with Crippen molar-refractivity contribution in [1.82, 2.24) is 15.6 Å². The van der Waals surface area contributed by atoms with E-state index in [9.17, 15) is 4.79 Å². The maximum atomic E-state index is 12.5. The first-order valence-electron chi connectivity index (χ1n) is 8.14. The molecule has 1 unspecified atom stereocenters. The van der Waals surface area contributed by atoms with Crippen molar-refractivity contribution in [3.63, 3.8) is 0 Å². The number of hydrogen-bond donors (Lipinski definition) is 2. The molecule has 0 aliphatic carbocycles. The van der Waals surface area contributed by atoms with Gasteiger partial charge in [-0.2, -0.15) is 0 Å². The molecule has 2 aromatic rings. The van der Waals surface area contributed by atoms with Crippen LogP contribution in [0.2, 0.25) is 0 Å². The van der Waals surface area contributed by atoms with E-state index in [1.807, 2.05) is 30.3 Å². The Bertz CT molecular complexity index is 697. The topological polar surface area (TPSA) is 54.0 Å². The summed E-state index contributed by atoms with van der Waals surface area (Å²) in [5, 5.41) is 7.11. The molecule has 1 saturated heterocycles. The van der Waals surface area contributed by atoms with Gasteiger partial charge < -0.3 is 10.6 Å². The number of pyridine rings is 1. The second-order valence-electron chi connectivity index (χ2n) is 5.64. The summed E-state index contributed by atoms with van der Waals surface area (Å²) in [7, 11) is 0. The average Bonchev–Trinajstić information content (AvgIpc) is 3.13. The monoisotopic (exact) mass is 339 g/mol. The van der Waals surface area contributed by atoms with Gasteiger partial charge in [0.15, 0.2) is 0 Å². The highest BCUT2D eigenvalue weighted by molar-refractivity contribution is 7.99. The van der Waals surface area contributed by atoms with Crippen LogP contribution in [-0.2, 0) is 0 Å². The van der Waals surface area contributed by atoms with E-state index < -0.39 is 0 Å². The van der Waals surface area contributed by atoms with Gasteiger partial charge in [0.05, 0.1) is 5.56 Å². The summed E-state index contributed by atoms with van der Waals surface area (Å²) >= 11 is 1.58. The van der Waals surface area contributed by atoms with Crippen molar-refractivity contribution in [3.8, 4) is 0 Å². The molecule has 2 N–H and O–H groups in total. The average molecular weight is 339 g/mol. The van der Waals surface area contributed by atoms with Crippen molar-refractivity contribution in [1.29, 1.82) is 0 Å². The number of aromatic nitrogens is 1. The SMILES string of the molecule is O=C(NC1CCNC1)c1cccnc1SC/C=C/c1ccccc1. The Hall–Kier alpha value is -2.11. The van der Waals surface area contributed by atoms with E-state index in [1.54, 1.807) is 18.0 Å². The van der Waals surface area contributed by atoms with Crippen LogP contribution < -0.4 is 10.6 Å². The van der Waals surface area contributed by atoms with Gasteiger partial charge >= 0.3 is 0 Å². The zero-order valence-corrected chi connectivity index (χ0v) is 14.3. The van der Waals surface area contributed by atoms with Gasteiger partial charge in [0.1, 0.15) is 5.03 Å². The smallest absolute Gasteiger partial charge is 0.254 e. The van der Waals surface area contributed by atoms with Gasteiger partial charge in [0, 0.05) is 24.5 Å². The summed E-state index contributed by atoms with van der Waals surface area (Å²) in [5.74, 6) is 0.739. The van der Waals surface area contributed by atoms with Crippen LogP contribution in [0.25, 0.3) is 6.08 Å². The van der Waals surface area contributed by atoms with Crippen LogP contribution in [0.15, 0.2) is 59.8 Å². The van der Waals surface area contributed by atoms with Gasteiger partial charge in [-0.25, -0.2) is 4.98 Å². The summed E-state index contributed by atoms with van der Waals surface area (Å²) in [6, 6.07) is 14.0. The number of carbonyl (C=O) groups is 1. The van der Waals surface area contributed by atoms with Gasteiger partial charge in [-0.05, 0) is 30.7 Å². The highest BCUT2D eigenvalue weighted by Gasteiger charge is 2.19. The first kappa shape index (κ1) is 16.7. The Morgan fingerprint density at radius 3 is 2.96 bits per heavy atom. The minimum atomic E-state index is -0.0358. The lowest BCUT2D eigenvalue weighted by Crippen LogP contribution is -2.36. The molecule has 0 bridgehead atoms. The maximum Gasteiger partial charge on any atom is 0.254 e. The zero-order valence-electron chi connectivity index (χ0n) is 13.4. The summed E-state index contributed by atoms with van der Waals surface area (Å²) in [4.78, 5) is 16.8. The fourth-order valence-electron chi connectivity index (χ4n) is 2.60. The number of amides is 1. The normalized spacial score (nSPS) is 17.2. The minimum Gasteiger partial charge on any atom is -0.348 e. The highest BCUT2D eigenvalue weighted by atomic mass is 32.2. The van der Waals surface area contributed by atoms with Crippen molar-refractivity contribution in [2.75, 3.05) is 18.8 Å². The summed E-state index contributed by atoms with van der Waals surface area (Å²) in [6.45, 7) is 1.80. The fourth-order valence-corrected chi connectivity index (χ4v) is 3.40. The molecule has 3 rings (SSSR count). The first-order chi connectivity index (χ1) is 11.8. The predicted octanol–water partition coefficient (Wildman–Crippen LogP) is 2.98. The van der Waals surface area contributed by atoms with Gasteiger partial charge in [-0.15, -0.1) is 11.8 Å².